The maximum Gasteiger partial charge on any atom is 0.358 e. The quantitative estimate of drug-likeness (QED) is 0.735. The molecule has 0 atom stereocenters. The first-order valence-corrected chi connectivity index (χ1v) is 5.40. The first-order valence-electron chi connectivity index (χ1n) is 5.02. The SMILES string of the molecule is O=C(OC1CCOCC1)c1cncc(Cl)n1. The number of nitrogens with zero attached hydrogens (tertiary/aromatic N) is 2. The van der Waals surface area contributed by atoms with Crippen LogP contribution in [0.4, 0.5) is 0 Å². The molecule has 16 heavy (non-hydrogen) atoms. The van der Waals surface area contributed by atoms with Crippen LogP contribution in [0.15, 0.2) is 12.4 Å². The van der Waals surface area contributed by atoms with Gasteiger partial charge in [-0.25, -0.2) is 9.78 Å². The molecule has 0 aromatic carbocycles. The maximum atomic E-state index is 11.6. The van der Waals surface area contributed by atoms with Gasteiger partial charge in [-0.3, -0.25) is 4.98 Å². The number of aromatic nitrogens is 2. The summed E-state index contributed by atoms with van der Waals surface area (Å²) < 4.78 is 10.4. The van der Waals surface area contributed by atoms with E-state index in [4.69, 9.17) is 21.1 Å². The minimum atomic E-state index is -0.484. The highest BCUT2D eigenvalue weighted by atomic mass is 35.5. The molecule has 1 saturated heterocycles. The molecule has 1 aromatic rings. The topological polar surface area (TPSA) is 61.3 Å². The van der Waals surface area contributed by atoms with Crippen molar-refractivity contribution in [2.24, 2.45) is 0 Å². The Hall–Kier alpha value is -1.20. The third kappa shape index (κ3) is 2.90. The highest BCUT2D eigenvalue weighted by Gasteiger charge is 2.20. The second-order valence-electron chi connectivity index (χ2n) is 3.44. The number of ether oxygens (including phenoxy) is 2. The molecule has 0 spiro atoms. The molecule has 86 valence electrons. The molecule has 1 aliphatic rings. The van der Waals surface area contributed by atoms with E-state index in [-0.39, 0.29) is 17.0 Å². The summed E-state index contributed by atoms with van der Waals surface area (Å²) in [5, 5.41) is 0.182. The van der Waals surface area contributed by atoms with E-state index in [9.17, 15) is 4.79 Å². The fourth-order valence-electron chi connectivity index (χ4n) is 1.45. The third-order valence-electron chi connectivity index (χ3n) is 2.26. The van der Waals surface area contributed by atoms with E-state index >= 15 is 0 Å². The Kier molecular flexibility index (Phi) is 3.69. The molecule has 0 radical (unpaired) electrons. The van der Waals surface area contributed by atoms with Crippen molar-refractivity contribution in [2.45, 2.75) is 18.9 Å². The average Bonchev–Trinajstić information content (AvgIpc) is 2.30. The van der Waals surface area contributed by atoms with Crippen LogP contribution in [0.1, 0.15) is 23.3 Å². The first-order chi connectivity index (χ1) is 7.75. The number of hydrogen-bond acceptors (Lipinski definition) is 5. The molecule has 2 rings (SSSR count). The van der Waals surface area contributed by atoms with Crippen molar-refractivity contribution in [3.63, 3.8) is 0 Å². The van der Waals surface area contributed by atoms with Gasteiger partial charge in [0.1, 0.15) is 11.3 Å². The summed E-state index contributed by atoms with van der Waals surface area (Å²) in [6.07, 6.45) is 4.06. The third-order valence-corrected chi connectivity index (χ3v) is 2.44. The van der Waals surface area contributed by atoms with Gasteiger partial charge in [-0.1, -0.05) is 11.6 Å². The van der Waals surface area contributed by atoms with Crippen molar-refractivity contribution in [3.05, 3.63) is 23.2 Å². The number of hydrogen-bond donors (Lipinski definition) is 0. The summed E-state index contributed by atoms with van der Waals surface area (Å²) in [6.45, 7) is 1.25. The van der Waals surface area contributed by atoms with Crippen LogP contribution in [0.2, 0.25) is 5.15 Å². The van der Waals surface area contributed by atoms with Crippen LogP contribution in [0.25, 0.3) is 0 Å². The van der Waals surface area contributed by atoms with Crippen LogP contribution >= 0.6 is 11.6 Å². The van der Waals surface area contributed by atoms with Gasteiger partial charge in [-0.05, 0) is 0 Å². The van der Waals surface area contributed by atoms with Gasteiger partial charge >= 0.3 is 5.97 Å². The standard InChI is InChI=1S/C10H11ClN2O3/c11-9-6-12-5-8(13-9)10(14)16-7-1-3-15-4-2-7/h5-7H,1-4H2. The Labute approximate surface area is 97.7 Å². The van der Waals surface area contributed by atoms with Crippen LogP contribution in [-0.2, 0) is 9.47 Å². The predicted molar refractivity (Wildman–Crippen MR) is 56.3 cm³/mol. The highest BCUT2D eigenvalue weighted by molar-refractivity contribution is 6.29. The zero-order chi connectivity index (χ0) is 11.4. The normalized spacial score (nSPS) is 17.1. The molecule has 1 fully saturated rings. The fraction of sp³-hybridized carbons (Fsp3) is 0.500. The Morgan fingerprint density at radius 1 is 1.44 bits per heavy atom. The molecule has 2 heterocycles. The molecule has 0 aliphatic carbocycles. The van der Waals surface area contributed by atoms with Crippen molar-refractivity contribution in [1.82, 2.24) is 9.97 Å². The van der Waals surface area contributed by atoms with Crippen molar-refractivity contribution in [3.8, 4) is 0 Å². The van der Waals surface area contributed by atoms with Gasteiger partial charge in [0.15, 0.2) is 5.69 Å². The van der Waals surface area contributed by atoms with Gasteiger partial charge in [0, 0.05) is 12.8 Å². The number of halogens is 1. The monoisotopic (exact) mass is 242 g/mol. The minimum Gasteiger partial charge on any atom is -0.457 e. The predicted octanol–water partition coefficient (Wildman–Crippen LogP) is 1.47. The largest absolute Gasteiger partial charge is 0.457 e. The van der Waals surface area contributed by atoms with E-state index in [1.165, 1.54) is 12.4 Å². The van der Waals surface area contributed by atoms with Crippen LogP contribution < -0.4 is 0 Å². The lowest BCUT2D eigenvalue weighted by Gasteiger charge is -2.21. The summed E-state index contributed by atoms with van der Waals surface area (Å²) in [7, 11) is 0. The molecule has 0 bridgehead atoms. The van der Waals surface area contributed by atoms with Gasteiger partial charge in [0.05, 0.1) is 25.6 Å². The Balaban J connectivity index is 1.97. The smallest absolute Gasteiger partial charge is 0.358 e. The van der Waals surface area contributed by atoms with Gasteiger partial charge in [-0.15, -0.1) is 0 Å². The van der Waals surface area contributed by atoms with E-state index in [0.717, 1.165) is 12.8 Å². The molecule has 0 saturated carbocycles. The lowest BCUT2D eigenvalue weighted by molar-refractivity contribution is -0.0163. The Morgan fingerprint density at radius 2 is 2.19 bits per heavy atom. The zero-order valence-corrected chi connectivity index (χ0v) is 9.31. The summed E-state index contributed by atoms with van der Waals surface area (Å²) >= 11 is 5.63. The zero-order valence-electron chi connectivity index (χ0n) is 8.56. The Bertz CT molecular complexity index is 380. The molecule has 6 heteroatoms. The molecule has 0 unspecified atom stereocenters. The lowest BCUT2D eigenvalue weighted by atomic mass is 10.1. The van der Waals surface area contributed by atoms with E-state index in [2.05, 4.69) is 9.97 Å². The van der Waals surface area contributed by atoms with E-state index in [1.54, 1.807) is 0 Å². The van der Waals surface area contributed by atoms with Gasteiger partial charge in [0.2, 0.25) is 0 Å². The second kappa shape index (κ2) is 5.23. The first kappa shape index (κ1) is 11.3. The molecule has 0 amide bonds. The van der Waals surface area contributed by atoms with Crippen molar-refractivity contribution in [2.75, 3.05) is 13.2 Å². The lowest BCUT2D eigenvalue weighted by Crippen LogP contribution is -2.26. The number of carbonyl (C=O) groups excluding carboxylic acids is 1. The van der Waals surface area contributed by atoms with Crippen LogP contribution in [-0.4, -0.2) is 35.3 Å². The number of carbonyl (C=O) groups is 1. The van der Waals surface area contributed by atoms with E-state index in [1.807, 2.05) is 0 Å². The van der Waals surface area contributed by atoms with Gasteiger partial charge in [-0.2, -0.15) is 0 Å². The number of rotatable bonds is 2. The molecule has 0 N–H and O–H groups in total. The summed E-state index contributed by atoms with van der Waals surface area (Å²) in [4.78, 5) is 19.3. The fourth-order valence-corrected chi connectivity index (χ4v) is 1.59. The number of esters is 1. The van der Waals surface area contributed by atoms with Gasteiger partial charge < -0.3 is 9.47 Å². The van der Waals surface area contributed by atoms with Crippen molar-refractivity contribution >= 4 is 17.6 Å². The van der Waals surface area contributed by atoms with Crippen LogP contribution in [0, 0.1) is 0 Å². The molecular formula is C10H11ClN2O3. The van der Waals surface area contributed by atoms with Crippen LogP contribution in [0.5, 0.6) is 0 Å². The second-order valence-corrected chi connectivity index (χ2v) is 3.83. The Morgan fingerprint density at radius 3 is 2.88 bits per heavy atom. The minimum absolute atomic E-state index is 0.0953. The van der Waals surface area contributed by atoms with Crippen molar-refractivity contribution < 1.29 is 14.3 Å². The molecule has 5 nitrogen and oxygen atoms in total. The van der Waals surface area contributed by atoms with Gasteiger partial charge in [0.25, 0.3) is 0 Å². The summed E-state index contributed by atoms with van der Waals surface area (Å²) in [5.74, 6) is -0.484. The van der Waals surface area contributed by atoms with Crippen LogP contribution in [0.3, 0.4) is 0 Å². The molecule has 1 aliphatic heterocycles. The highest BCUT2D eigenvalue weighted by Crippen LogP contribution is 2.13. The van der Waals surface area contributed by atoms with E-state index < -0.39 is 5.97 Å². The summed E-state index contributed by atoms with van der Waals surface area (Å²) in [5.41, 5.74) is 0.138. The van der Waals surface area contributed by atoms with E-state index in [0.29, 0.717) is 13.2 Å². The molecular weight excluding hydrogens is 232 g/mol. The van der Waals surface area contributed by atoms with Crippen molar-refractivity contribution in [1.29, 1.82) is 0 Å². The average molecular weight is 243 g/mol. The molecule has 1 aromatic heterocycles. The summed E-state index contributed by atoms with van der Waals surface area (Å²) in [6, 6.07) is 0. The maximum absolute atomic E-state index is 11.6.